The molecule has 196 valence electrons. The van der Waals surface area contributed by atoms with Gasteiger partial charge in [-0.3, -0.25) is 9.78 Å². The zero-order valence-electron chi connectivity index (χ0n) is 21.5. The molecular weight excluding hydrogens is 500 g/mol. The largest absolute Gasteiger partial charge is 0.478 e. The Bertz CT molecular complexity index is 1410. The number of quaternary nitrogens is 1. The van der Waals surface area contributed by atoms with Crippen LogP contribution in [0, 0.1) is 6.92 Å². The first-order valence-electron chi connectivity index (χ1n) is 12.5. The Morgan fingerprint density at radius 1 is 1.03 bits per heavy atom. The van der Waals surface area contributed by atoms with Crippen molar-refractivity contribution in [3.05, 3.63) is 105 Å². The number of fused-ring (bicyclic) bond motifs is 2. The highest BCUT2D eigenvalue weighted by atomic mass is 32.1. The molecule has 0 spiro atoms. The smallest absolute Gasteiger partial charge is 0.328 e. The number of carboxylic acids is 2. The summed E-state index contributed by atoms with van der Waals surface area (Å²) < 4.78 is 1.04. The first kappa shape index (κ1) is 27.2. The van der Waals surface area contributed by atoms with E-state index >= 15 is 0 Å². The maximum Gasteiger partial charge on any atom is 0.328 e. The number of piperidine rings is 1. The predicted molar refractivity (Wildman–Crippen MR) is 147 cm³/mol. The number of carbonyl (C=O) groups is 3. The van der Waals surface area contributed by atoms with Crippen molar-refractivity contribution in [1.82, 2.24) is 4.98 Å². The second kappa shape index (κ2) is 11.7. The van der Waals surface area contributed by atoms with Crippen molar-refractivity contribution in [2.75, 3.05) is 20.1 Å². The molecule has 3 heterocycles. The van der Waals surface area contributed by atoms with Crippen LogP contribution in [0.4, 0.5) is 0 Å². The molecular formula is C30H31N2O5S+. The van der Waals surface area contributed by atoms with E-state index in [9.17, 15) is 14.4 Å². The van der Waals surface area contributed by atoms with E-state index < -0.39 is 11.9 Å². The number of rotatable bonds is 4. The van der Waals surface area contributed by atoms with Crippen molar-refractivity contribution < 1.29 is 29.1 Å². The molecule has 1 aliphatic carbocycles. The number of benzene rings is 1. The summed E-state index contributed by atoms with van der Waals surface area (Å²) in [5, 5.41) is 17.7. The molecule has 0 bridgehead atoms. The molecule has 0 radical (unpaired) electrons. The lowest BCUT2D eigenvalue weighted by Crippen LogP contribution is -2.47. The van der Waals surface area contributed by atoms with Gasteiger partial charge in [-0.2, -0.15) is 0 Å². The summed E-state index contributed by atoms with van der Waals surface area (Å²) in [6.45, 7) is 5.44. The van der Waals surface area contributed by atoms with Gasteiger partial charge in [0, 0.05) is 54.9 Å². The normalized spacial score (nSPS) is 18.7. The van der Waals surface area contributed by atoms with Crippen molar-refractivity contribution >= 4 is 34.6 Å². The number of hydrogen-bond acceptors (Lipinski definition) is 5. The molecule has 1 aliphatic heterocycles. The minimum atomic E-state index is -1.26. The summed E-state index contributed by atoms with van der Waals surface area (Å²) in [5.74, 6) is -2.26. The quantitative estimate of drug-likeness (QED) is 0.357. The van der Waals surface area contributed by atoms with Crippen molar-refractivity contribution in [3.8, 4) is 0 Å². The van der Waals surface area contributed by atoms with Gasteiger partial charge in [-0.15, -0.1) is 11.3 Å². The highest BCUT2D eigenvalue weighted by Gasteiger charge is 2.32. The Labute approximate surface area is 226 Å². The number of carboxylic acid groups (broad SMARTS) is 2. The summed E-state index contributed by atoms with van der Waals surface area (Å²) in [6.07, 6.45) is 7.67. The second-order valence-corrected chi connectivity index (χ2v) is 10.9. The van der Waals surface area contributed by atoms with E-state index in [1.54, 1.807) is 11.3 Å². The van der Waals surface area contributed by atoms with Crippen LogP contribution in [0.15, 0.2) is 71.9 Å². The number of thiophene rings is 1. The summed E-state index contributed by atoms with van der Waals surface area (Å²) >= 11 is 1.59. The molecule has 8 heteroatoms. The number of aliphatic carboxylic acids is 2. The topological polar surface area (TPSA) is 105 Å². The molecule has 1 aromatic carbocycles. The minimum absolute atomic E-state index is 0.256. The molecule has 5 rings (SSSR count). The monoisotopic (exact) mass is 531 g/mol. The predicted octanol–water partition coefficient (Wildman–Crippen LogP) is 5.14. The third kappa shape index (κ3) is 6.33. The second-order valence-electron chi connectivity index (χ2n) is 9.94. The van der Waals surface area contributed by atoms with Crippen molar-refractivity contribution in [2.24, 2.45) is 0 Å². The van der Waals surface area contributed by atoms with Crippen LogP contribution in [0.1, 0.15) is 50.3 Å². The first-order valence-corrected chi connectivity index (χ1v) is 13.3. The molecule has 1 fully saturated rings. The fraction of sp³-hybridized carbons (Fsp3) is 0.267. The van der Waals surface area contributed by atoms with E-state index in [2.05, 4.69) is 60.7 Å². The number of nitrogens with zero attached hydrogens (tertiary/aromatic N) is 2. The molecule has 0 amide bonds. The van der Waals surface area contributed by atoms with Crippen LogP contribution in [-0.2, 0) is 22.6 Å². The molecule has 2 N–H and O–H groups in total. The lowest BCUT2D eigenvalue weighted by molar-refractivity contribution is -0.925. The van der Waals surface area contributed by atoms with Crippen LogP contribution in [0.25, 0.3) is 5.57 Å². The molecule has 0 unspecified atom stereocenters. The standard InChI is InChI=1S/C26H27N2OS.C4H4O4/c1-18-7-11-27-16-21(18)17-28(2)12-8-19(9-13-28)25-22-6-4-3-5-20(22)15-24(29)26-23(25)10-14-30-26;5-3(6)1-2-4(7)8/h3-7,10-11,14,16H,8-9,12-13,15,17H2,1-2H3;1-2H,(H,5,6)(H,7,8)/q+1;/b;2-1+. The number of aryl methyl sites for hydroxylation is 1. The molecule has 2 aromatic heterocycles. The van der Waals surface area contributed by atoms with Gasteiger partial charge in [0.2, 0.25) is 0 Å². The highest BCUT2D eigenvalue weighted by Crippen LogP contribution is 2.41. The summed E-state index contributed by atoms with van der Waals surface area (Å²) in [5.41, 5.74) is 9.10. The molecule has 38 heavy (non-hydrogen) atoms. The van der Waals surface area contributed by atoms with Gasteiger partial charge in [0.15, 0.2) is 5.78 Å². The number of Topliss-reactive ketones (excluding diaryl/α,β-unsaturated/α-hetero) is 1. The van der Waals surface area contributed by atoms with Gasteiger partial charge in [-0.1, -0.05) is 29.8 Å². The Kier molecular flexibility index (Phi) is 8.34. The van der Waals surface area contributed by atoms with Gasteiger partial charge >= 0.3 is 11.9 Å². The van der Waals surface area contributed by atoms with Crippen molar-refractivity contribution in [2.45, 2.75) is 32.7 Å². The Morgan fingerprint density at radius 2 is 1.71 bits per heavy atom. The third-order valence-corrected chi connectivity index (χ3v) is 8.11. The number of ketones is 1. The van der Waals surface area contributed by atoms with E-state index in [1.807, 2.05) is 12.4 Å². The number of carbonyl (C=O) groups excluding carboxylic acids is 1. The van der Waals surface area contributed by atoms with Crippen LogP contribution in [0.2, 0.25) is 0 Å². The maximum absolute atomic E-state index is 12.9. The molecule has 1 saturated heterocycles. The SMILES string of the molecule is Cc1ccncc1C[N+]1(C)CCC(=C2c3ccccc3CC(=O)c3sccc32)CC1.O=C(O)/C=C/C(=O)O. The highest BCUT2D eigenvalue weighted by molar-refractivity contribution is 7.12. The average molecular weight is 532 g/mol. The van der Waals surface area contributed by atoms with Gasteiger partial charge in [-0.25, -0.2) is 9.59 Å². The van der Waals surface area contributed by atoms with Crippen LogP contribution in [0.3, 0.4) is 0 Å². The maximum atomic E-state index is 12.9. The van der Waals surface area contributed by atoms with Gasteiger partial charge < -0.3 is 14.7 Å². The van der Waals surface area contributed by atoms with Gasteiger partial charge in [0.1, 0.15) is 6.54 Å². The van der Waals surface area contributed by atoms with Crippen LogP contribution in [-0.4, -0.2) is 57.5 Å². The summed E-state index contributed by atoms with van der Waals surface area (Å²) in [7, 11) is 2.37. The molecule has 3 aromatic rings. The number of hydrogen-bond donors (Lipinski definition) is 2. The van der Waals surface area contributed by atoms with Gasteiger partial charge in [-0.05, 0) is 46.7 Å². The Hall–Kier alpha value is -3.88. The molecule has 0 atom stereocenters. The summed E-state index contributed by atoms with van der Waals surface area (Å²) in [6, 6.07) is 12.8. The van der Waals surface area contributed by atoms with E-state index in [1.165, 1.54) is 33.4 Å². The zero-order valence-corrected chi connectivity index (χ0v) is 22.3. The van der Waals surface area contributed by atoms with Gasteiger partial charge in [0.05, 0.1) is 25.0 Å². The fourth-order valence-corrected chi connectivity index (χ4v) is 5.93. The zero-order chi connectivity index (χ0) is 27.3. The van der Waals surface area contributed by atoms with Crippen LogP contribution < -0.4 is 0 Å². The average Bonchev–Trinajstić information content (AvgIpc) is 3.33. The van der Waals surface area contributed by atoms with E-state index in [4.69, 9.17) is 10.2 Å². The Balaban J connectivity index is 0.000000368. The van der Waals surface area contributed by atoms with Gasteiger partial charge in [0.25, 0.3) is 0 Å². The van der Waals surface area contributed by atoms with Crippen molar-refractivity contribution in [3.63, 3.8) is 0 Å². The number of pyridine rings is 1. The number of likely N-dealkylation sites (tertiary alicyclic amines) is 1. The number of aromatic nitrogens is 1. The minimum Gasteiger partial charge on any atom is -0.478 e. The van der Waals surface area contributed by atoms with Crippen LogP contribution >= 0.6 is 11.3 Å². The molecule has 7 nitrogen and oxygen atoms in total. The van der Waals surface area contributed by atoms with Crippen molar-refractivity contribution in [1.29, 1.82) is 0 Å². The molecule has 0 saturated carbocycles. The lowest BCUT2D eigenvalue weighted by atomic mass is 9.87. The van der Waals surface area contributed by atoms with E-state index in [0.29, 0.717) is 18.6 Å². The van der Waals surface area contributed by atoms with E-state index in [-0.39, 0.29) is 5.78 Å². The van der Waals surface area contributed by atoms with Crippen LogP contribution in [0.5, 0.6) is 0 Å². The molecule has 2 aliphatic rings. The summed E-state index contributed by atoms with van der Waals surface area (Å²) in [4.78, 5) is 37.3. The fourth-order valence-electron chi connectivity index (χ4n) is 5.09. The Morgan fingerprint density at radius 3 is 2.37 bits per heavy atom. The first-order chi connectivity index (χ1) is 18.2. The lowest BCUT2D eigenvalue weighted by Gasteiger charge is -2.39. The van der Waals surface area contributed by atoms with E-state index in [0.717, 1.165) is 47.4 Å². The third-order valence-electron chi connectivity index (χ3n) is 7.15.